The van der Waals surface area contributed by atoms with Crippen molar-refractivity contribution in [3.63, 3.8) is 0 Å². The van der Waals surface area contributed by atoms with Crippen LogP contribution in [0, 0.1) is 5.92 Å². The Labute approximate surface area is 146 Å². The van der Waals surface area contributed by atoms with Crippen molar-refractivity contribution in [2.45, 2.75) is 37.1 Å². The number of rotatable bonds is 4. The predicted molar refractivity (Wildman–Crippen MR) is 91.8 cm³/mol. The Kier molecular flexibility index (Phi) is 4.66. The van der Waals surface area contributed by atoms with Crippen LogP contribution in [0.2, 0.25) is 0 Å². The highest BCUT2D eigenvalue weighted by Crippen LogP contribution is 2.30. The number of carbonyl (C=O) groups excluding carboxylic acids is 1. The van der Waals surface area contributed by atoms with Gasteiger partial charge in [0.1, 0.15) is 0 Å². The van der Waals surface area contributed by atoms with Crippen LogP contribution in [0.25, 0.3) is 0 Å². The predicted octanol–water partition coefficient (Wildman–Crippen LogP) is 1.29. The van der Waals surface area contributed by atoms with E-state index in [4.69, 9.17) is 5.11 Å². The molecule has 0 radical (unpaired) electrons. The number of nitrogens with one attached hydrogen (secondary N) is 1. The third-order valence-corrected chi connectivity index (χ3v) is 6.05. The number of amides is 1. The van der Waals surface area contributed by atoms with Gasteiger partial charge in [0, 0.05) is 25.2 Å². The van der Waals surface area contributed by atoms with E-state index < -0.39 is 28.0 Å². The largest absolute Gasteiger partial charge is 0.481 e. The van der Waals surface area contributed by atoms with E-state index in [2.05, 4.69) is 4.72 Å². The summed E-state index contributed by atoms with van der Waals surface area (Å²) in [5.74, 6) is -1.69. The summed E-state index contributed by atoms with van der Waals surface area (Å²) in [6, 6.07) is 4.21. The Morgan fingerprint density at radius 1 is 1.28 bits per heavy atom. The first-order valence-corrected chi connectivity index (χ1v) is 9.61. The molecule has 0 saturated carbocycles. The molecule has 0 aromatic heterocycles. The molecule has 1 aliphatic carbocycles. The fourth-order valence-electron chi connectivity index (χ4n) is 3.30. The normalized spacial score (nSPS) is 22.7. The molecule has 1 amide bonds. The standard InChI is InChI=1S/C17H20N2O5S/c1-11(20)19-8-2-3-12-10-15(6-7-16(12)19)25(23,24)18-14-5-4-13(9-14)17(21)22/h4-7,10,13-14,18H,2-3,8-9H2,1H3,(H,21,22). The number of carboxylic acids is 1. The van der Waals surface area contributed by atoms with E-state index in [1.807, 2.05) is 0 Å². The summed E-state index contributed by atoms with van der Waals surface area (Å²) >= 11 is 0. The summed E-state index contributed by atoms with van der Waals surface area (Å²) in [5.41, 5.74) is 1.58. The minimum absolute atomic E-state index is 0.0644. The van der Waals surface area contributed by atoms with Gasteiger partial charge in [-0.15, -0.1) is 0 Å². The van der Waals surface area contributed by atoms with Crippen LogP contribution in [0.5, 0.6) is 0 Å². The number of carbonyl (C=O) groups is 2. The van der Waals surface area contributed by atoms with Crippen LogP contribution in [0.15, 0.2) is 35.2 Å². The first kappa shape index (κ1) is 17.6. The molecule has 8 heteroatoms. The summed E-state index contributed by atoms with van der Waals surface area (Å²) in [7, 11) is -3.76. The van der Waals surface area contributed by atoms with Gasteiger partial charge in [-0.3, -0.25) is 9.59 Å². The molecular formula is C17H20N2O5S. The van der Waals surface area contributed by atoms with Gasteiger partial charge in [0.05, 0.1) is 10.8 Å². The number of anilines is 1. The third kappa shape index (κ3) is 3.59. The maximum absolute atomic E-state index is 12.6. The molecule has 1 aliphatic heterocycles. The Morgan fingerprint density at radius 2 is 2.04 bits per heavy atom. The van der Waals surface area contributed by atoms with Crippen LogP contribution in [-0.4, -0.2) is 38.0 Å². The zero-order valence-electron chi connectivity index (χ0n) is 13.8. The van der Waals surface area contributed by atoms with Crippen LogP contribution >= 0.6 is 0 Å². The molecular weight excluding hydrogens is 344 g/mol. The molecule has 2 unspecified atom stereocenters. The summed E-state index contributed by atoms with van der Waals surface area (Å²) in [6.45, 7) is 2.13. The SMILES string of the molecule is CC(=O)N1CCCc2cc(S(=O)(=O)NC3C=CC(C(=O)O)C3)ccc21. The molecule has 134 valence electrons. The maximum Gasteiger partial charge on any atom is 0.310 e. The zero-order valence-corrected chi connectivity index (χ0v) is 14.6. The maximum atomic E-state index is 12.6. The number of nitrogens with zero attached hydrogens (tertiary/aromatic N) is 1. The number of fused-ring (bicyclic) bond motifs is 1. The summed E-state index contributed by atoms with van der Waals surface area (Å²) in [5, 5.41) is 8.99. The summed E-state index contributed by atoms with van der Waals surface area (Å²) < 4.78 is 27.7. The molecule has 1 heterocycles. The number of hydrogen-bond acceptors (Lipinski definition) is 4. The highest BCUT2D eigenvalue weighted by atomic mass is 32.2. The molecule has 2 N–H and O–H groups in total. The molecule has 0 fully saturated rings. The average molecular weight is 364 g/mol. The molecule has 0 bridgehead atoms. The lowest BCUT2D eigenvalue weighted by atomic mass is 10.0. The van der Waals surface area contributed by atoms with Gasteiger partial charge in [0.15, 0.2) is 0 Å². The van der Waals surface area contributed by atoms with Gasteiger partial charge in [0.2, 0.25) is 15.9 Å². The monoisotopic (exact) mass is 364 g/mol. The molecule has 7 nitrogen and oxygen atoms in total. The minimum Gasteiger partial charge on any atom is -0.481 e. The smallest absolute Gasteiger partial charge is 0.310 e. The Hall–Kier alpha value is -2.19. The summed E-state index contributed by atoms with van der Waals surface area (Å²) in [6.07, 6.45) is 4.79. The van der Waals surface area contributed by atoms with Crippen LogP contribution in [-0.2, 0) is 26.0 Å². The lowest BCUT2D eigenvalue weighted by Gasteiger charge is -2.29. The molecule has 0 saturated heterocycles. The number of aliphatic carboxylic acids is 1. The van der Waals surface area contributed by atoms with Gasteiger partial charge >= 0.3 is 5.97 Å². The zero-order chi connectivity index (χ0) is 18.2. The van der Waals surface area contributed by atoms with E-state index in [-0.39, 0.29) is 17.2 Å². The fourth-order valence-corrected chi connectivity index (χ4v) is 4.56. The number of aryl methyl sites for hydroxylation is 1. The molecule has 1 aromatic rings. The van der Waals surface area contributed by atoms with Gasteiger partial charge in [0.25, 0.3) is 0 Å². The Morgan fingerprint density at radius 3 is 2.68 bits per heavy atom. The van der Waals surface area contributed by atoms with E-state index in [0.29, 0.717) is 13.0 Å². The Balaban J connectivity index is 1.81. The van der Waals surface area contributed by atoms with Crippen molar-refractivity contribution in [2.75, 3.05) is 11.4 Å². The minimum atomic E-state index is -3.76. The number of sulfonamides is 1. The van der Waals surface area contributed by atoms with Crippen LogP contribution in [0.4, 0.5) is 5.69 Å². The molecule has 2 aliphatic rings. The number of hydrogen-bond donors (Lipinski definition) is 2. The lowest BCUT2D eigenvalue weighted by molar-refractivity contribution is -0.140. The highest BCUT2D eigenvalue weighted by Gasteiger charge is 2.29. The molecule has 1 aromatic carbocycles. The van der Waals surface area contributed by atoms with Crippen molar-refractivity contribution in [3.05, 3.63) is 35.9 Å². The van der Waals surface area contributed by atoms with Crippen LogP contribution < -0.4 is 9.62 Å². The van der Waals surface area contributed by atoms with Crippen LogP contribution in [0.1, 0.15) is 25.3 Å². The molecule has 3 rings (SSSR count). The van der Waals surface area contributed by atoms with Gasteiger partial charge in [-0.1, -0.05) is 12.2 Å². The van der Waals surface area contributed by atoms with Crippen molar-refractivity contribution >= 4 is 27.6 Å². The topological polar surface area (TPSA) is 104 Å². The molecule has 2 atom stereocenters. The van der Waals surface area contributed by atoms with Gasteiger partial charge in [-0.25, -0.2) is 13.1 Å². The Bertz CT molecular complexity index is 847. The van der Waals surface area contributed by atoms with Crippen molar-refractivity contribution in [1.82, 2.24) is 4.72 Å². The van der Waals surface area contributed by atoms with Gasteiger partial charge in [-0.05, 0) is 43.0 Å². The van der Waals surface area contributed by atoms with Crippen molar-refractivity contribution in [2.24, 2.45) is 5.92 Å². The quantitative estimate of drug-likeness (QED) is 0.784. The van der Waals surface area contributed by atoms with Gasteiger partial charge < -0.3 is 10.0 Å². The van der Waals surface area contributed by atoms with Crippen LogP contribution in [0.3, 0.4) is 0 Å². The van der Waals surface area contributed by atoms with Gasteiger partial charge in [-0.2, -0.15) is 0 Å². The van der Waals surface area contributed by atoms with E-state index >= 15 is 0 Å². The second kappa shape index (κ2) is 6.61. The van der Waals surface area contributed by atoms with E-state index in [9.17, 15) is 18.0 Å². The first-order chi connectivity index (χ1) is 11.8. The number of benzene rings is 1. The fraction of sp³-hybridized carbons (Fsp3) is 0.412. The van der Waals surface area contributed by atoms with E-state index in [0.717, 1.165) is 17.7 Å². The molecule has 0 spiro atoms. The average Bonchev–Trinajstić information content (AvgIpc) is 3.01. The second-order valence-corrected chi connectivity index (χ2v) is 8.07. The van der Waals surface area contributed by atoms with E-state index in [1.165, 1.54) is 19.1 Å². The third-order valence-electron chi connectivity index (χ3n) is 4.57. The summed E-state index contributed by atoms with van der Waals surface area (Å²) in [4.78, 5) is 24.4. The highest BCUT2D eigenvalue weighted by molar-refractivity contribution is 7.89. The van der Waals surface area contributed by atoms with Crippen molar-refractivity contribution < 1.29 is 23.1 Å². The van der Waals surface area contributed by atoms with Crippen molar-refractivity contribution in [1.29, 1.82) is 0 Å². The number of carboxylic acid groups (broad SMARTS) is 1. The second-order valence-electron chi connectivity index (χ2n) is 6.36. The molecule has 25 heavy (non-hydrogen) atoms. The first-order valence-electron chi connectivity index (χ1n) is 8.12. The lowest BCUT2D eigenvalue weighted by Crippen LogP contribution is -2.35. The van der Waals surface area contributed by atoms with E-state index in [1.54, 1.807) is 23.1 Å². The van der Waals surface area contributed by atoms with Crippen molar-refractivity contribution in [3.8, 4) is 0 Å².